The minimum atomic E-state index is -0.282. The summed E-state index contributed by atoms with van der Waals surface area (Å²) in [7, 11) is 0. The predicted molar refractivity (Wildman–Crippen MR) is 54.2 cm³/mol. The molecule has 0 atom stereocenters. The van der Waals surface area contributed by atoms with E-state index in [1.807, 2.05) is 13.8 Å². The Bertz CT molecular complexity index is 396. The van der Waals surface area contributed by atoms with Crippen molar-refractivity contribution in [3.05, 3.63) is 21.7 Å². The molecule has 5 heteroatoms. The van der Waals surface area contributed by atoms with Gasteiger partial charge in [0.15, 0.2) is 0 Å². The van der Waals surface area contributed by atoms with Crippen LogP contribution in [0.25, 0.3) is 0 Å². The Morgan fingerprint density at radius 1 is 1.43 bits per heavy atom. The maximum Gasteiger partial charge on any atom is 0.347 e. The van der Waals surface area contributed by atoms with Gasteiger partial charge in [-0.05, 0) is 13.8 Å². The fourth-order valence-electron chi connectivity index (χ4n) is 1.59. The van der Waals surface area contributed by atoms with Crippen LogP contribution in [0.15, 0.2) is 4.79 Å². The van der Waals surface area contributed by atoms with Gasteiger partial charge in [-0.1, -0.05) is 0 Å². The van der Waals surface area contributed by atoms with Crippen LogP contribution in [0.1, 0.15) is 25.1 Å². The second-order valence-electron chi connectivity index (χ2n) is 3.75. The molecule has 0 aliphatic carbocycles. The van der Waals surface area contributed by atoms with Gasteiger partial charge in [0.2, 0.25) is 0 Å². The summed E-state index contributed by atoms with van der Waals surface area (Å²) >= 11 is 0. The minimum absolute atomic E-state index is 0.282. The molecule has 0 saturated heterocycles. The number of nitrogens with zero attached hydrogens (tertiary/aromatic N) is 1. The number of aromatic amines is 1. The molecule has 1 aliphatic rings. The first-order valence-corrected chi connectivity index (χ1v) is 4.76. The van der Waals surface area contributed by atoms with Crippen molar-refractivity contribution in [2.24, 2.45) is 0 Å². The zero-order chi connectivity index (χ0) is 10.1. The monoisotopic (exact) mass is 194 g/mol. The second-order valence-corrected chi connectivity index (χ2v) is 3.75. The number of anilines is 1. The molecule has 2 rings (SSSR count). The van der Waals surface area contributed by atoms with Gasteiger partial charge in [0.1, 0.15) is 5.82 Å². The van der Waals surface area contributed by atoms with Crippen molar-refractivity contribution in [3.8, 4) is 0 Å². The van der Waals surface area contributed by atoms with E-state index in [-0.39, 0.29) is 11.7 Å². The first-order valence-electron chi connectivity index (χ1n) is 4.76. The molecule has 14 heavy (non-hydrogen) atoms. The normalized spacial score (nSPS) is 14.5. The largest absolute Gasteiger partial charge is 0.367 e. The molecule has 0 aromatic carbocycles. The number of hydrogen-bond acceptors (Lipinski definition) is 4. The summed E-state index contributed by atoms with van der Waals surface area (Å²) in [6.45, 7) is 5.54. The molecule has 0 fully saturated rings. The van der Waals surface area contributed by atoms with Gasteiger partial charge in [0.25, 0.3) is 0 Å². The highest BCUT2D eigenvalue weighted by molar-refractivity contribution is 5.47. The highest BCUT2D eigenvalue weighted by Gasteiger charge is 2.17. The Hall–Kier alpha value is -1.36. The van der Waals surface area contributed by atoms with Crippen LogP contribution in [-0.2, 0) is 13.1 Å². The van der Waals surface area contributed by atoms with Crippen LogP contribution in [0.3, 0.4) is 0 Å². The SMILES string of the molecule is CC(C)Nc1nc(=O)[nH]c2c1CNC2. The molecule has 0 spiro atoms. The Morgan fingerprint density at radius 3 is 2.93 bits per heavy atom. The lowest BCUT2D eigenvalue weighted by atomic mass is 10.2. The molecule has 5 nitrogen and oxygen atoms in total. The van der Waals surface area contributed by atoms with Gasteiger partial charge in [-0.2, -0.15) is 4.98 Å². The molecule has 0 unspecified atom stereocenters. The first-order chi connectivity index (χ1) is 6.66. The third-order valence-electron chi connectivity index (χ3n) is 2.15. The van der Waals surface area contributed by atoms with Gasteiger partial charge in [-0.15, -0.1) is 0 Å². The molecule has 76 valence electrons. The van der Waals surface area contributed by atoms with Crippen molar-refractivity contribution in [1.29, 1.82) is 0 Å². The minimum Gasteiger partial charge on any atom is -0.367 e. The fraction of sp³-hybridized carbons (Fsp3) is 0.556. The predicted octanol–water partition coefficient (Wildman–Crippen LogP) is 0.193. The maximum absolute atomic E-state index is 11.2. The van der Waals surface area contributed by atoms with Crippen LogP contribution in [0, 0.1) is 0 Å². The number of aromatic nitrogens is 2. The fourth-order valence-corrected chi connectivity index (χ4v) is 1.59. The summed E-state index contributed by atoms with van der Waals surface area (Å²) < 4.78 is 0. The quantitative estimate of drug-likeness (QED) is 0.628. The average Bonchev–Trinajstić information content (AvgIpc) is 2.50. The van der Waals surface area contributed by atoms with Crippen molar-refractivity contribution >= 4 is 5.82 Å². The van der Waals surface area contributed by atoms with E-state index in [9.17, 15) is 4.79 Å². The Morgan fingerprint density at radius 2 is 2.21 bits per heavy atom. The van der Waals surface area contributed by atoms with Crippen molar-refractivity contribution in [2.45, 2.75) is 33.0 Å². The lowest BCUT2D eigenvalue weighted by Gasteiger charge is -2.11. The van der Waals surface area contributed by atoms with E-state index in [0.29, 0.717) is 5.82 Å². The van der Waals surface area contributed by atoms with Crippen molar-refractivity contribution < 1.29 is 0 Å². The molecule has 0 radical (unpaired) electrons. The van der Waals surface area contributed by atoms with Crippen LogP contribution in [-0.4, -0.2) is 16.0 Å². The number of nitrogens with one attached hydrogen (secondary N) is 3. The lowest BCUT2D eigenvalue weighted by molar-refractivity contribution is 0.756. The van der Waals surface area contributed by atoms with Gasteiger partial charge in [-0.25, -0.2) is 4.79 Å². The summed E-state index contributed by atoms with van der Waals surface area (Å²) in [4.78, 5) is 17.9. The third kappa shape index (κ3) is 1.63. The first kappa shape index (κ1) is 9.21. The molecule has 2 heterocycles. The molecular weight excluding hydrogens is 180 g/mol. The summed E-state index contributed by atoms with van der Waals surface area (Å²) in [5.74, 6) is 0.712. The topological polar surface area (TPSA) is 69.8 Å². The number of hydrogen-bond donors (Lipinski definition) is 3. The van der Waals surface area contributed by atoms with E-state index >= 15 is 0 Å². The summed E-state index contributed by atoms with van der Waals surface area (Å²) in [6, 6.07) is 0.286. The van der Waals surface area contributed by atoms with E-state index in [1.165, 1.54) is 0 Å². The number of fused-ring (bicyclic) bond motifs is 1. The van der Waals surface area contributed by atoms with Crippen molar-refractivity contribution in [1.82, 2.24) is 15.3 Å². The van der Waals surface area contributed by atoms with E-state index in [0.717, 1.165) is 24.3 Å². The summed E-state index contributed by atoms with van der Waals surface area (Å²) in [5.41, 5.74) is 1.75. The van der Waals surface area contributed by atoms with Crippen LogP contribution in [0.2, 0.25) is 0 Å². The molecule has 1 aromatic heterocycles. The third-order valence-corrected chi connectivity index (χ3v) is 2.15. The van der Waals surface area contributed by atoms with Crippen LogP contribution < -0.4 is 16.3 Å². The lowest BCUT2D eigenvalue weighted by Crippen LogP contribution is -2.20. The zero-order valence-electron chi connectivity index (χ0n) is 8.35. The smallest absolute Gasteiger partial charge is 0.347 e. The summed E-state index contributed by atoms with van der Waals surface area (Å²) in [5, 5.41) is 6.35. The van der Waals surface area contributed by atoms with Crippen molar-refractivity contribution in [2.75, 3.05) is 5.32 Å². The van der Waals surface area contributed by atoms with Gasteiger partial charge >= 0.3 is 5.69 Å². The highest BCUT2D eigenvalue weighted by Crippen LogP contribution is 2.18. The molecule has 1 aromatic rings. The highest BCUT2D eigenvalue weighted by atomic mass is 16.1. The molecule has 1 aliphatic heterocycles. The summed E-state index contributed by atoms with van der Waals surface area (Å²) in [6.07, 6.45) is 0. The molecule has 0 bridgehead atoms. The van der Waals surface area contributed by atoms with Gasteiger partial charge in [0.05, 0.1) is 0 Å². The van der Waals surface area contributed by atoms with Crippen molar-refractivity contribution in [3.63, 3.8) is 0 Å². The van der Waals surface area contributed by atoms with Gasteiger partial charge in [0, 0.05) is 30.4 Å². The van der Waals surface area contributed by atoms with E-state index in [2.05, 4.69) is 20.6 Å². The van der Waals surface area contributed by atoms with Crippen LogP contribution in [0.5, 0.6) is 0 Å². The van der Waals surface area contributed by atoms with Crippen LogP contribution in [0.4, 0.5) is 5.82 Å². The molecule has 3 N–H and O–H groups in total. The van der Waals surface area contributed by atoms with Gasteiger partial charge < -0.3 is 15.6 Å². The van der Waals surface area contributed by atoms with Gasteiger partial charge in [-0.3, -0.25) is 0 Å². The van der Waals surface area contributed by atoms with E-state index in [1.54, 1.807) is 0 Å². The second kappa shape index (κ2) is 3.42. The zero-order valence-corrected chi connectivity index (χ0v) is 8.35. The average molecular weight is 194 g/mol. The maximum atomic E-state index is 11.2. The number of H-pyrrole nitrogens is 1. The Labute approximate surface area is 82.0 Å². The standard InChI is InChI=1S/C9H14N4O/c1-5(2)11-8-6-3-10-4-7(6)12-9(14)13-8/h5,10H,3-4H2,1-2H3,(H2,11,12,13,14). The molecular formula is C9H14N4O. The van der Waals surface area contributed by atoms with E-state index in [4.69, 9.17) is 0 Å². The molecule has 0 amide bonds. The Balaban J connectivity index is 2.43. The number of rotatable bonds is 2. The van der Waals surface area contributed by atoms with Crippen LogP contribution >= 0.6 is 0 Å². The molecule has 0 saturated carbocycles. The Kier molecular flexibility index (Phi) is 2.25. The van der Waals surface area contributed by atoms with E-state index < -0.39 is 0 Å².